The number of benzene rings is 2. The number of carbonyl (C=O) groups is 1. The van der Waals surface area contributed by atoms with Crippen molar-refractivity contribution >= 4 is 39.1 Å². The summed E-state index contributed by atoms with van der Waals surface area (Å²) in [7, 11) is 0. The van der Waals surface area contributed by atoms with Gasteiger partial charge >= 0.3 is 0 Å². The fraction of sp³-hybridized carbons (Fsp3) is 0.0667. The molecule has 0 aliphatic carbocycles. The Hall–Kier alpha value is -2.03. The molecule has 0 aliphatic heterocycles. The van der Waals surface area contributed by atoms with Crippen molar-refractivity contribution in [2.45, 2.75) is 6.04 Å². The molecule has 2 aromatic rings. The quantitative estimate of drug-likeness (QED) is 0.869. The Morgan fingerprint density at radius 1 is 1.33 bits per heavy atom. The maximum absolute atomic E-state index is 11.7. The third kappa shape index (κ3) is 3.54. The van der Waals surface area contributed by atoms with Gasteiger partial charge in [0.1, 0.15) is 6.04 Å². The van der Waals surface area contributed by atoms with Gasteiger partial charge in [0, 0.05) is 15.7 Å². The number of hydrogen-bond donors (Lipinski definition) is 2. The molecule has 4 nitrogen and oxygen atoms in total. The molecule has 21 heavy (non-hydrogen) atoms. The second-order valence-electron chi connectivity index (χ2n) is 4.31. The summed E-state index contributed by atoms with van der Waals surface area (Å²) in [5.41, 5.74) is 7.07. The number of carbonyl (C=O) groups excluding carboxylic acids is 1. The number of primary amides is 1. The first-order chi connectivity index (χ1) is 10.0. The van der Waals surface area contributed by atoms with Crippen LogP contribution in [0.2, 0.25) is 5.02 Å². The van der Waals surface area contributed by atoms with Gasteiger partial charge in [0.2, 0.25) is 5.91 Å². The first-order valence-corrected chi connectivity index (χ1v) is 7.20. The normalized spacial score (nSPS) is 11.5. The zero-order chi connectivity index (χ0) is 15.4. The summed E-state index contributed by atoms with van der Waals surface area (Å²) in [5.74, 6) is -0.566. The molecule has 0 saturated heterocycles. The molecule has 6 heteroatoms. The van der Waals surface area contributed by atoms with Crippen LogP contribution in [0.5, 0.6) is 0 Å². The number of anilines is 1. The molecule has 0 aliphatic rings. The first kappa shape index (κ1) is 15.4. The van der Waals surface area contributed by atoms with Crippen molar-refractivity contribution in [3.8, 4) is 6.07 Å². The molecule has 2 rings (SSSR count). The molecule has 0 bridgehead atoms. The molecule has 0 fully saturated rings. The van der Waals surface area contributed by atoms with Crippen molar-refractivity contribution in [1.29, 1.82) is 5.26 Å². The van der Waals surface area contributed by atoms with Crippen LogP contribution in [0, 0.1) is 11.3 Å². The molecule has 0 radical (unpaired) electrons. The van der Waals surface area contributed by atoms with Gasteiger partial charge in [-0.25, -0.2) is 0 Å². The zero-order valence-electron chi connectivity index (χ0n) is 10.8. The Bertz CT molecular complexity index is 727. The number of nitriles is 1. The minimum absolute atomic E-state index is 0.404. The summed E-state index contributed by atoms with van der Waals surface area (Å²) in [5, 5.41) is 12.7. The molecule has 0 heterocycles. The highest BCUT2D eigenvalue weighted by atomic mass is 79.9. The van der Waals surface area contributed by atoms with Crippen molar-refractivity contribution in [3.63, 3.8) is 0 Å². The van der Waals surface area contributed by atoms with Crippen LogP contribution < -0.4 is 11.1 Å². The van der Waals surface area contributed by atoms with E-state index in [0.29, 0.717) is 26.3 Å². The third-order valence-electron chi connectivity index (χ3n) is 2.91. The lowest BCUT2D eigenvalue weighted by Gasteiger charge is -2.18. The van der Waals surface area contributed by atoms with E-state index < -0.39 is 11.9 Å². The Kier molecular flexibility index (Phi) is 4.84. The number of hydrogen-bond acceptors (Lipinski definition) is 3. The van der Waals surface area contributed by atoms with Crippen molar-refractivity contribution in [2.24, 2.45) is 5.73 Å². The monoisotopic (exact) mass is 363 g/mol. The zero-order valence-corrected chi connectivity index (χ0v) is 13.1. The smallest absolute Gasteiger partial charge is 0.244 e. The summed E-state index contributed by atoms with van der Waals surface area (Å²) in [6.07, 6.45) is 0. The predicted octanol–water partition coefficient (Wildman–Crippen LogP) is 3.61. The third-order valence-corrected chi connectivity index (χ3v) is 4.12. The number of amides is 1. The molecule has 2 aromatic carbocycles. The van der Waals surface area contributed by atoms with Crippen molar-refractivity contribution in [1.82, 2.24) is 0 Å². The standard InChI is InChI=1S/C15H11BrClN3O/c16-12-7-10(5-6-13(12)17)20-14(15(19)21)11-4-2-1-3-9(11)8-18/h1-7,14,20H,(H2,19,21). The highest BCUT2D eigenvalue weighted by Crippen LogP contribution is 2.28. The first-order valence-electron chi connectivity index (χ1n) is 6.03. The van der Waals surface area contributed by atoms with Crippen LogP contribution in [0.25, 0.3) is 0 Å². The lowest BCUT2D eigenvalue weighted by Crippen LogP contribution is -2.28. The maximum Gasteiger partial charge on any atom is 0.244 e. The SMILES string of the molecule is N#Cc1ccccc1C(Nc1ccc(Cl)c(Br)c1)C(N)=O. The van der Waals surface area contributed by atoms with E-state index in [1.54, 1.807) is 42.5 Å². The van der Waals surface area contributed by atoms with E-state index in [-0.39, 0.29) is 0 Å². The van der Waals surface area contributed by atoms with Crippen LogP contribution in [0.3, 0.4) is 0 Å². The van der Waals surface area contributed by atoms with Crippen molar-refractivity contribution in [3.05, 3.63) is 63.1 Å². The van der Waals surface area contributed by atoms with Crippen molar-refractivity contribution in [2.75, 3.05) is 5.32 Å². The van der Waals surface area contributed by atoms with Gasteiger partial charge in [-0.2, -0.15) is 5.26 Å². The highest BCUT2D eigenvalue weighted by Gasteiger charge is 2.20. The molecule has 1 atom stereocenters. The number of rotatable bonds is 4. The predicted molar refractivity (Wildman–Crippen MR) is 85.9 cm³/mol. The van der Waals surface area contributed by atoms with E-state index >= 15 is 0 Å². The summed E-state index contributed by atoms with van der Waals surface area (Å²) in [6.45, 7) is 0. The lowest BCUT2D eigenvalue weighted by atomic mass is 10.0. The Morgan fingerprint density at radius 2 is 2.05 bits per heavy atom. The van der Waals surface area contributed by atoms with Crippen LogP contribution in [-0.2, 0) is 4.79 Å². The Balaban J connectivity index is 2.38. The van der Waals surface area contributed by atoms with Crippen LogP contribution in [0.15, 0.2) is 46.9 Å². The van der Waals surface area contributed by atoms with Crippen LogP contribution in [-0.4, -0.2) is 5.91 Å². The van der Waals surface area contributed by atoms with Gasteiger partial charge in [-0.05, 0) is 40.2 Å². The number of halogens is 2. The number of nitrogens with one attached hydrogen (secondary N) is 1. The van der Waals surface area contributed by atoms with Gasteiger partial charge in [0.15, 0.2) is 0 Å². The van der Waals surface area contributed by atoms with E-state index in [1.807, 2.05) is 0 Å². The van der Waals surface area contributed by atoms with E-state index in [1.165, 1.54) is 0 Å². The van der Waals surface area contributed by atoms with Crippen LogP contribution in [0.1, 0.15) is 17.2 Å². The number of nitrogens with two attached hydrogens (primary N) is 1. The molecular weight excluding hydrogens is 354 g/mol. The highest BCUT2D eigenvalue weighted by molar-refractivity contribution is 9.10. The molecule has 1 amide bonds. The molecule has 3 N–H and O–H groups in total. The Labute approximate surface area is 135 Å². The van der Waals surface area contributed by atoms with E-state index in [0.717, 1.165) is 0 Å². The van der Waals surface area contributed by atoms with Gasteiger partial charge in [-0.15, -0.1) is 0 Å². The van der Waals surface area contributed by atoms with Gasteiger partial charge in [0.25, 0.3) is 0 Å². The van der Waals surface area contributed by atoms with Gasteiger partial charge in [-0.1, -0.05) is 29.8 Å². The average molecular weight is 365 g/mol. The molecule has 0 saturated carbocycles. The second kappa shape index (κ2) is 6.61. The summed E-state index contributed by atoms with van der Waals surface area (Å²) >= 11 is 9.25. The van der Waals surface area contributed by atoms with Crippen LogP contribution >= 0.6 is 27.5 Å². The molecule has 0 spiro atoms. The van der Waals surface area contributed by atoms with Crippen LogP contribution in [0.4, 0.5) is 5.69 Å². The summed E-state index contributed by atoms with van der Waals surface area (Å²) in [6, 6.07) is 13.3. The molecular formula is C15H11BrClN3O. The summed E-state index contributed by atoms with van der Waals surface area (Å²) in [4.78, 5) is 11.7. The molecule has 106 valence electrons. The van der Waals surface area contributed by atoms with E-state index in [9.17, 15) is 4.79 Å². The fourth-order valence-corrected chi connectivity index (χ4v) is 2.40. The fourth-order valence-electron chi connectivity index (χ4n) is 1.91. The van der Waals surface area contributed by atoms with Gasteiger partial charge in [-0.3, -0.25) is 4.79 Å². The summed E-state index contributed by atoms with van der Waals surface area (Å²) < 4.78 is 0.700. The lowest BCUT2D eigenvalue weighted by molar-refractivity contribution is -0.118. The van der Waals surface area contributed by atoms with E-state index in [4.69, 9.17) is 22.6 Å². The maximum atomic E-state index is 11.7. The minimum atomic E-state index is -0.797. The van der Waals surface area contributed by atoms with Gasteiger partial charge in [0.05, 0.1) is 16.7 Å². The number of nitrogens with zero attached hydrogens (tertiary/aromatic N) is 1. The minimum Gasteiger partial charge on any atom is -0.370 e. The van der Waals surface area contributed by atoms with E-state index in [2.05, 4.69) is 27.3 Å². The average Bonchev–Trinajstić information content (AvgIpc) is 2.48. The topological polar surface area (TPSA) is 78.9 Å². The Morgan fingerprint density at radius 3 is 2.67 bits per heavy atom. The molecule has 1 unspecified atom stereocenters. The van der Waals surface area contributed by atoms with Gasteiger partial charge < -0.3 is 11.1 Å². The van der Waals surface area contributed by atoms with Crippen molar-refractivity contribution < 1.29 is 4.79 Å². The second-order valence-corrected chi connectivity index (χ2v) is 5.57. The molecule has 0 aromatic heterocycles. The largest absolute Gasteiger partial charge is 0.370 e.